The van der Waals surface area contributed by atoms with Gasteiger partial charge in [-0.3, -0.25) is 19.3 Å². The fourth-order valence-corrected chi connectivity index (χ4v) is 7.83. The first-order valence-electron chi connectivity index (χ1n) is 15.9. The number of rotatable bonds is 12. The van der Waals surface area contributed by atoms with Crippen LogP contribution in [0.4, 0.5) is 5.69 Å². The third-order valence-corrected chi connectivity index (χ3v) is 10.4. The van der Waals surface area contributed by atoms with Crippen molar-refractivity contribution in [2.45, 2.75) is 70.7 Å². The molecule has 1 aromatic rings. The molecule has 2 bridgehead atoms. The molecule has 8 atom stereocenters. The molecule has 11 nitrogen and oxygen atoms in total. The summed E-state index contributed by atoms with van der Waals surface area (Å²) >= 11 is 0. The highest BCUT2D eigenvalue weighted by atomic mass is 16.5. The molecule has 3 N–H and O–H groups in total. The van der Waals surface area contributed by atoms with Crippen LogP contribution in [-0.2, 0) is 23.9 Å². The Morgan fingerprint density at radius 2 is 1.86 bits per heavy atom. The minimum absolute atomic E-state index is 0.0610. The Morgan fingerprint density at radius 3 is 2.49 bits per heavy atom. The molecule has 0 aromatic heterocycles. The summed E-state index contributed by atoms with van der Waals surface area (Å²) in [5.74, 6) is -1.99. The normalized spacial score (nSPS) is 33.3. The number of aliphatic hydroxyl groups is 1. The van der Waals surface area contributed by atoms with Gasteiger partial charge in [0.25, 0.3) is 0 Å². The first kappa shape index (κ1) is 31.7. The maximum Gasteiger partial charge on any atom is 0.245 e. The highest BCUT2D eigenvalue weighted by Gasteiger charge is 2.80. The van der Waals surface area contributed by atoms with Crippen LogP contribution in [0.1, 0.15) is 47.5 Å². The number of nitrogens with zero attached hydrogens (tertiary/aromatic N) is 2. The van der Waals surface area contributed by atoms with Crippen LogP contribution in [0.3, 0.4) is 0 Å². The molecule has 11 heteroatoms. The number of carbonyl (C=O) groups excluding carboxylic acids is 3. The molecule has 5 rings (SSSR count). The van der Waals surface area contributed by atoms with E-state index in [1.54, 1.807) is 29.2 Å². The Morgan fingerprint density at radius 1 is 1.16 bits per heavy atom. The van der Waals surface area contributed by atoms with E-state index < -0.39 is 35.1 Å². The topological polar surface area (TPSA) is 130 Å². The molecular weight excluding hydrogens is 552 g/mol. The predicted octanol–water partition coefficient (Wildman–Crippen LogP) is 1.89. The largest absolute Gasteiger partial charge is 0.494 e. The molecule has 238 valence electrons. The van der Waals surface area contributed by atoms with E-state index in [2.05, 4.69) is 15.5 Å². The minimum atomic E-state index is -1.17. The highest BCUT2D eigenvalue weighted by molar-refractivity contribution is 6.02. The smallest absolute Gasteiger partial charge is 0.245 e. The SMILES string of the molecule is CCOc1ccc(NC(=O)[C@@H]2[C@H]3C(=O)N([C@@H](CO)[C@@H](C)CC)C(C(=O)NCCN4CCOCC4)C34CC(C)[C@@]2(C)O4)cc1. The lowest BCUT2D eigenvalue weighted by Gasteiger charge is -2.39. The number of anilines is 1. The maximum absolute atomic E-state index is 14.5. The minimum Gasteiger partial charge on any atom is -0.494 e. The highest BCUT2D eigenvalue weighted by Crippen LogP contribution is 2.65. The van der Waals surface area contributed by atoms with Crippen LogP contribution in [0.25, 0.3) is 0 Å². The Labute approximate surface area is 254 Å². The molecule has 3 amide bonds. The number of carbonyl (C=O) groups is 3. The number of morpholine rings is 1. The number of hydrogen-bond acceptors (Lipinski definition) is 8. The van der Waals surface area contributed by atoms with Crippen molar-refractivity contribution in [3.63, 3.8) is 0 Å². The van der Waals surface area contributed by atoms with E-state index in [-0.39, 0.29) is 36.2 Å². The molecule has 0 aliphatic carbocycles. The zero-order chi connectivity index (χ0) is 30.9. The fourth-order valence-electron chi connectivity index (χ4n) is 7.83. The average molecular weight is 601 g/mol. The van der Waals surface area contributed by atoms with E-state index in [0.29, 0.717) is 57.2 Å². The summed E-state index contributed by atoms with van der Waals surface area (Å²) in [6.45, 7) is 14.1. The number of aliphatic hydroxyl groups excluding tert-OH is 1. The van der Waals surface area contributed by atoms with Crippen LogP contribution in [0.2, 0.25) is 0 Å². The summed E-state index contributed by atoms with van der Waals surface area (Å²) in [6.07, 6.45) is 1.19. The van der Waals surface area contributed by atoms with Gasteiger partial charge in [-0.25, -0.2) is 0 Å². The summed E-state index contributed by atoms with van der Waals surface area (Å²) in [5.41, 5.74) is -1.51. The van der Waals surface area contributed by atoms with Crippen molar-refractivity contribution in [1.29, 1.82) is 0 Å². The molecule has 1 spiro atoms. The number of hydrogen-bond donors (Lipinski definition) is 3. The van der Waals surface area contributed by atoms with Crippen molar-refractivity contribution in [1.82, 2.24) is 15.1 Å². The first-order chi connectivity index (χ1) is 20.6. The summed E-state index contributed by atoms with van der Waals surface area (Å²) in [5, 5.41) is 16.6. The number of amides is 3. The number of benzene rings is 1. The third-order valence-electron chi connectivity index (χ3n) is 10.4. The molecule has 1 aromatic carbocycles. The zero-order valence-electron chi connectivity index (χ0n) is 26.1. The number of nitrogens with one attached hydrogen (secondary N) is 2. The van der Waals surface area contributed by atoms with Crippen molar-refractivity contribution < 1.29 is 33.7 Å². The van der Waals surface area contributed by atoms with Gasteiger partial charge in [-0.2, -0.15) is 0 Å². The fraction of sp³-hybridized carbons (Fsp3) is 0.719. The van der Waals surface area contributed by atoms with E-state index in [1.165, 1.54) is 0 Å². The Balaban J connectivity index is 1.45. The molecule has 43 heavy (non-hydrogen) atoms. The monoisotopic (exact) mass is 600 g/mol. The second-order valence-corrected chi connectivity index (χ2v) is 12.8. The second-order valence-electron chi connectivity index (χ2n) is 12.8. The zero-order valence-corrected chi connectivity index (χ0v) is 26.1. The number of ether oxygens (including phenoxy) is 3. The van der Waals surface area contributed by atoms with Gasteiger partial charge in [0.15, 0.2) is 0 Å². The van der Waals surface area contributed by atoms with Crippen molar-refractivity contribution in [2.24, 2.45) is 23.7 Å². The summed E-state index contributed by atoms with van der Waals surface area (Å²) < 4.78 is 17.8. The van der Waals surface area contributed by atoms with Crippen LogP contribution in [-0.4, -0.2) is 109 Å². The molecule has 0 radical (unpaired) electrons. The van der Waals surface area contributed by atoms with Gasteiger partial charge < -0.3 is 34.9 Å². The van der Waals surface area contributed by atoms with E-state index >= 15 is 0 Å². The quantitative estimate of drug-likeness (QED) is 0.332. The van der Waals surface area contributed by atoms with Gasteiger partial charge in [-0.05, 0) is 56.4 Å². The maximum atomic E-state index is 14.5. The molecule has 4 fully saturated rings. The van der Waals surface area contributed by atoms with E-state index in [9.17, 15) is 19.5 Å². The predicted molar refractivity (Wildman–Crippen MR) is 160 cm³/mol. The van der Waals surface area contributed by atoms with Crippen LogP contribution >= 0.6 is 0 Å². The van der Waals surface area contributed by atoms with Gasteiger partial charge in [0, 0.05) is 31.9 Å². The van der Waals surface area contributed by atoms with Gasteiger partial charge >= 0.3 is 0 Å². The van der Waals surface area contributed by atoms with Gasteiger partial charge in [0.1, 0.15) is 17.4 Å². The van der Waals surface area contributed by atoms with Gasteiger partial charge in [-0.15, -0.1) is 0 Å². The number of fused-ring (bicyclic) bond motifs is 1. The van der Waals surface area contributed by atoms with Gasteiger partial charge in [0.05, 0.1) is 49.9 Å². The molecule has 4 aliphatic rings. The van der Waals surface area contributed by atoms with Crippen molar-refractivity contribution in [3.05, 3.63) is 24.3 Å². The first-order valence-corrected chi connectivity index (χ1v) is 15.9. The molecule has 4 aliphatic heterocycles. The molecular formula is C32H48N4O7. The summed E-state index contributed by atoms with van der Waals surface area (Å²) in [6, 6.07) is 5.61. The lowest BCUT2D eigenvalue weighted by molar-refractivity contribution is -0.151. The van der Waals surface area contributed by atoms with Crippen molar-refractivity contribution in [2.75, 3.05) is 57.9 Å². The van der Waals surface area contributed by atoms with E-state index in [1.807, 2.05) is 34.6 Å². The van der Waals surface area contributed by atoms with Crippen molar-refractivity contribution >= 4 is 23.4 Å². The standard InChI is InChI=1S/C32H48N4O7/c1-6-20(3)24(19-37)36-27(29(39)33-12-13-35-14-16-41-17-15-35)32-18-21(4)31(5,43-32)25(26(32)30(36)40)28(38)34-22-8-10-23(11-9-22)42-7-2/h8-11,20-21,24-27,37H,6-7,12-19H2,1-5H3,(H,33,39)(H,34,38)/t20-,21?,24-,25-,26-,27?,31+,32?/m0/s1. The van der Waals surface area contributed by atoms with Crippen LogP contribution in [0.15, 0.2) is 24.3 Å². The molecule has 3 unspecified atom stereocenters. The van der Waals surface area contributed by atoms with Gasteiger partial charge in [-0.1, -0.05) is 27.2 Å². The lowest BCUT2D eigenvalue weighted by atomic mass is 9.62. The van der Waals surface area contributed by atoms with Crippen molar-refractivity contribution in [3.8, 4) is 5.75 Å². The Hall–Kier alpha value is -2.73. The second kappa shape index (κ2) is 12.7. The van der Waals surface area contributed by atoms with E-state index in [4.69, 9.17) is 14.2 Å². The Bertz CT molecular complexity index is 1170. The van der Waals surface area contributed by atoms with E-state index in [0.717, 1.165) is 13.1 Å². The Kier molecular flexibility index (Phi) is 9.37. The number of likely N-dealkylation sites (tertiary alicyclic amines) is 1. The lowest BCUT2D eigenvalue weighted by Crippen LogP contribution is -2.59. The third kappa shape index (κ3) is 5.54. The van der Waals surface area contributed by atoms with Crippen LogP contribution in [0, 0.1) is 23.7 Å². The van der Waals surface area contributed by atoms with Gasteiger partial charge in [0.2, 0.25) is 17.7 Å². The molecule has 4 saturated heterocycles. The van der Waals surface area contributed by atoms with Crippen LogP contribution < -0.4 is 15.4 Å². The molecule has 4 heterocycles. The summed E-state index contributed by atoms with van der Waals surface area (Å²) in [7, 11) is 0. The molecule has 0 saturated carbocycles. The van der Waals surface area contributed by atoms with Crippen LogP contribution in [0.5, 0.6) is 5.75 Å². The summed E-state index contributed by atoms with van der Waals surface area (Å²) in [4.78, 5) is 46.5. The average Bonchev–Trinajstić information content (AvgIpc) is 3.51.